The molecule has 1 saturated heterocycles. The van der Waals surface area contributed by atoms with Crippen molar-refractivity contribution in [2.24, 2.45) is 11.7 Å². The Morgan fingerprint density at radius 2 is 1.76 bits per heavy atom. The van der Waals surface area contributed by atoms with Crippen molar-refractivity contribution < 1.29 is 14.3 Å². The monoisotopic (exact) mass is 447 g/mol. The van der Waals surface area contributed by atoms with E-state index in [9.17, 15) is 9.59 Å². The number of ether oxygens (including phenoxy) is 1. The van der Waals surface area contributed by atoms with Gasteiger partial charge in [-0.3, -0.25) is 15.0 Å². The number of piperidine rings is 1. The molecule has 3 heterocycles. The van der Waals surface area contributed by atoms with Crippen LogP contribution in [0.4, 0.5) is 0 Å². The van der Waals surface area contributed by atoms with Crippen molar-refractivity contribution in [3.8, 4) is 11.3 Å². The average Bonchev–Trinajstić information content (AvgIpc) is 3.21. The zero-order valence-corrected chi connectivity index (χ0v) is 19.2. The molecular weight excluding hydrogens is 418 g/mol. The number of amides is 1. The van der Waals surface area contributed by atoms with E-state index in [1.807, 2.05) is 61.8 Å². The number of pyridine rings is 1. The largest absolute Gasteiger partial charge is 0.460 e. The minimum Gasteiger partial charge on any atom is -0.460 e. The lowest BCUT2D eigenvalue weighted by Crippen LogP contribution is -2.41. The van der Waals surface area contributed by atoms with E-state index in [0.29, 0.717) is 42.7 Å². The summed E-state index contributed by atoms with van der Waals surface area (Å²) in [6, 6.07) is 10.9. The number of benzene rings is 1. The van der Waals surface area contributed by atoms with Crippen molar-refractivity contribution in [2.75, 3.05) is 13.1 Å². The zero-order chi connectivity index (χ0) is 23.8. The Morgan fingerprint density at radius 3 is 2.36 bits per heavy atom. The van der Waals surface area contributed by atoms with Crippen molar-refractivity contribution in [1.29, 1.82) is 5.41 Å². The number of likely N-dealkylation sites (tertiary alicyclic amines) is 1. The van der Waals surface area contributed by atoms with Crippen molar-refractivity contribution in [2.45, 2.75) is 39.2 Å². The van der Waals surface area contributed by atoms with E-state index in [1.165, 1.54) is 0 Å². The first-order valence-electron chi connectivity index (χ1n) is 11.1. The van der Waals surface area contributed by atoms with E-state index in [-0.39, 0.29) is 23.6 Å². The SMILES string of the molecule is CC(C)(C)OC(=O)C1CCN(C(=O)c2ccc(-c3cn4ccc(C(=N)N)cc4n3)cc2)CC1. The van der Waals surface area contributed by atoms with Crippen LogP contribution in [0.2, 0.25) is 0 Å². The first kappa shape index (κ1) is 22.5. The van der Waals surface area contributed by atoms with Crippen LogP contribution in [0.1, 0.15) is 49.5 Å². The molecule has 0 spiro atoms. The summed E-state index contributed by atoms with van der Waals surface area (Å²) in [6.45, 7) is 6.67. The van der Waals surface area contributed by atoms with Crippen molar-refractivity contribution in [1.82, 2.24) is 14.3 Å². The van der Waals surface area contributed by atoms with E-state index in [0.717, 1.165) is 11.3 Å². The molecule has 1 aliphatic heterocycles. The van der Waals surface area contributed by atoms with Crippen molar-refractivity contribution in [3.63, 3.8) is 0 Å². The number of hydrogen-bond donors (Lipinski definition) is 2. The Labute approximate surface area is 192 Å². The molecule has 0 radical (unpaired) electrons. The Balaban J connectivity index is 1.41. The van der Waals surface area contributed by atoms with Gasteiger partial charge in [0.1, 0.15) is 17.1 Å². The fourth-order valence-corrected chi connectivity index (χ4v) is 3.96. The summed E-state index contributed by atoms with van der Waals surface area (Å²) in [4.78, 5) is 31.7. The van der Waals surface area contributed by atoms with Gasteiger partial charge in [-0.05, 0) is 57.9 Å². The van der Waals surface area contributed by atoms with E-state index in [4.69, 9.17) is 15.9 Å². The van der Waals surface area contributed by atoms with Crippen LogP contribution in [-0.2, 0) is 9.53 Å². The van der Waals surface area contributed by atoms with Gasteiger partial charge in [-0.25, -0.2) is 4.98 Å². The Hall–Kier alpha value is -3.68. The van der Waals surface area contributed by atoms with Crippen LogP contribution in [0.15, 0.2) is 48.8 Å². The van der Waals surface area contributed by atoms with E-state index >= 15 is 0 Å². The molecule has 1 amide bonds. The number of amidine groups is 1. The summed E-state index contributed by atoms with van der Waals surface area (Å²) in [6.07, 6.45) is 4.95. The summed E-state index contributed by atoms with van der Waals surface area (Å²) >= 11 is 0. The molecule has 1 aliphatic rings. The Morgan fingerprint density at radius 1 is 1.09 bits per heavy atom. The van der Waals surface area contributed by atoms with E-state index < -0.39 is 5.60 Å². The highest BCUT2D eigenvalue weighted by atomic mass is 16.6. The molecule has 8 nitrogen and oxygen atoms in total. The molecule has 33 heavy (non-hydrogen) atoms. The number of carbonyl (C=O) groups excluding carboxylic acids is 2. The van der Waals surface area contributed by atoms with Gasteiger partial charge < -0.3 is 19.8 Å². The number of nitrogens with two attached hydrogens (primary N) is 1. The van der Waals surface area contributed by atoms with Gasteiger partial charge in [0.25, 0.3) is 5.91 Å². The maximum absolute atomic E-state index is 13.0. The lowest BCUT2D eigenvalue weighted by molar-refractivity contribution is -0.161. The third-order valence-corrected chi connectivity index (χ3v) is 5.72. The minimum absolute atomic E-state index is 0.0000400. The summed E-state index contributed by atoms with van der Waals surface area (Å²) in [7, 11) is 0. The Bertz CT molecular complexity index is 1200. The van der Waals surface area contributed by atoms with Crippen LogP contribution in [0.25, 0.3) is 16.9 Å². The maximum atomic E-state index is 13.0. The van der Waals surface area contributed by atoms with Crippen molar-refractivity contribution in [3.05, 3.63) is 59.9 Å². The highest BCUT2D eigenvalue weighted by Crippen LogP contribution is 2.24. The normalized spacial score (nSPS) is 14.9. The van der Waals surface area contributed by atoms with Crippen LogP contribution in [0.5, 0.6) is 0 Å². The van der Waals surface area contributed by atoms with Crippen molar-refractivity contribution >= 4 is 23.4 Å². The maximum Gasteiger partial charge on any atom is 0.309 e. The van der Waals surface area contributed by atoms with Crippen LogP contribution in [-0.4, -0.2) is 50.7 Å². The van der Waals surface area contributed by atoms with E-state index in [1.54, 1.807) is 17.0 Å². The summed E-state index contributed by atoms with van der Waals surface area (Å²) in [5.74, 6) is -0.374. The molecule has 172 valence electrons. The lowest BCUT2D eigenvalue weighted by Gasteiger charge is -2.32. The number of nitrogens with zero attached hydrogens (tertiary/aromatic N) is 3. The van der Waals surface area contributed by atoms with Gasteiger partial charge in [0.2, 0.25) is 0 Å². The van der Waals surface area contributed by atoms with Gasteiger partial charge in [-0.1, -0.05) is 12.1 Å². The molecule has 3 N–H and O–H groups in total. The van der Waals surface area contributed by atoms with Gasteiger partial charge in [-0.2, -0.15) is 0 Å². The van der Waals surface area contributed by atoms with Gasteiger partial charge in [0, 0.05) is 42.2 Å². The van der Waals surface area contributed by atoms with Gasteiger partial charge >= 0.3 is 5.97 Å². The fraction of sp³-hybridized carbons (Fsp3) is 0.360. The second-order valence-electron chi connectivity index (χ2n) is 9.40. The van der Waals surface area contributed by atoms with Crippen LogP contribution < -0.4 is 5.73 Å². The molecule has 1 aromatic carbocycles. The molecule has 0 saturated carbocycles. The number of hydrogen-bond acceptors (Lipinski definition) is 5. The second-order valence-corrected chi connectivity index (χ2v) is 9.40. The molecule has 8 heteroatoms. The molecule has 0 bridgehead atoms. The molecule has 0 atom stereocenters. The number of fused-ring (bicyclic) bond motifs is 1. The summed E-state index contributed by atoms with van der Waals surface area (Å²) < 4.78 is 7.36. The minimum atomic E-state index is -0.498. The van der Waals surface area contributed by atoms with Crippen LogP contribution in [0, 0.1) is 11.3 Å². The smallest absolute Gasteiger partial charge is 0.309 e. The predicted octanol–water partition coefficient (Wildman–Crippen LogP) is 3.48. The highest BCUT2D eigenvalue weighted by Gasteiger charge is 2.30. The third kappa shape index (κ3) is 5.05. The van der Waals surface area contributed by atoms with Gasteiger partial charge in [-0.15, -0.1) is 0 Å². The standard InChI is InChI=1S/C25H29N5O3/c1-25(2,3)33-24(32)18-8-11-29(12-9-18)23(31)17-6-4-16(5-7-17)20-15-30-13-10-19(22(26)27)14-21(30)28-20/h4-7,10,13-15,18H,8-9,11-12H2,1-3H3,(H3,26,27). The molecule has 1 fully saturated rings. The predicted molar refractivity (Wildman–Crippen MR) is 126 cm³/mol. The first-order chi connectivity index (χ1) is 15.6. The molecule has 0 aliphatic carbocycles. The first-order valence-corrected chi connectivity index (χ1v) is 11.1. The number of nitrogen functional groups attached to an aromatic ring is 1. The summed E-state index contributed by atoms with van der Waals surface area (Å²) in [5, 5.41) is 7.58. The number of esters is 1. The molecule has 4 rings (SSSR count). The number of carbonyl (C=O) groups is 2. The zero-order valence-electron chi connectivity index (χ0n) is 19.2. The fourth-order valence-electron chi connectivity index (χ4n) is 3.96. The number of imidazole rings is 1. The van der Waals surface area contributed by atoms with E-state index in [2.05, 4.69) is 4.98 Å². The average molecular weight is 448 g/mol. The van der Waals surface area contributed by atoms with Gasteiger partial charge in [0.05, 0.1) is 11.6 Å². The molecular formula is C25H29N5O3. The summed E-state index contributed by atoms with van der Waals surface area (Å²) in [5.41, 5.74) is 8.66. The lowest BCUT2D eigenvalue weighted by atomic mass is 9.96. The van der Waals surface area contributed by atoms with Gasteiger partial charge in [0.15, 0.2) is 0 Å². The number of rotatable bonds is 4. The number of aromatic nitrogens is 2. The van der Waals surface area contributed by atoms with Crippen LogP contribution >= 0.6 is 0 Å². The molecule has 0 unspecified atom stereocenters. The van der Waals surface area contributed by atoms with Crippen LogP contribution in [0.3, 0.4) is 0 Å². The highest BCUT2D eigenvalue weighted by molar-refractivity contribution is 5.96. The number of nitrogens with one attached hydrogen (secondary N) is 1. The quantitative estimate of drug-likeness (QED) is 0.361. The second kappa shape index (κ2) is 8.69. The molecule has 3 aromatic rings. The topological polar surface area (TPSA) is 114 Å². The third-order valence-electron chi connectivity index (χ3n) is 5.72. The molecule has 2 aromatic heterocycles. The Kier molecular flexibility index (Phi) is 5.93.